The lowest BCUT2D eigenvalue weighted by atomic mass is 9.88. The van der Waals surface area contributed by atoms with Crippen molar-refractivity contribution in [3.05, 3.63) is 47.0 Å². The van der Waals surface area contributed by atoms with Crippen LogP contribution >= 0.6 is 0 Å². The Morgan fingerprint density at radius 3 is 2.00 bits per heavy atom. The van der Waals surface area contributed by atoms with Crippen LogP contribution in [0.4, 0.5) is 4.39 Å². The Labute approximate surface area is 116 Å². The van der Waals surface area contributed by atoms with Gasteiger partial charge in [-0.25, -0.2) is 9.18 Å². The molecule has 1 aromatic rings. The highest BCUT2D eigenvalue weighted by molar-refractivity contribution is 6.24. The summed E-state index contributed by atoms with van der Waals surface area (Å²) in [6, 6.07) is 4.71. The number of benzene rings is 1. The number of Topliss-reactive ketones (excluding diaryl/α,β-unsaturated/α-hetero) is 1. The molecule has 1 N–H and O–H groups in total. The second-order valence-corrected chi connectivity index (χ2v) is 5.30. The number of ketones is 1. The van der Waals surface area contributed by atoms with Crippen LogP contribution in [0, 0.1) is 11.2 Å². The molecule has 0 fully saturated rings. The lowest BCUT2D eigenvalue weighted by Gasteiger charge is -2.23. The Kier molecular flexibility index (Phi) is 4.65. The van der Waals surface area contributed by atoms with Gasteiger partial charge in [-0.3, -0.25) is 4.79 Å². The number of carboxylic acid groups (broad SMARTS) is 1. The molecule has 0 aliphatic rings. The lowest BCUT2D eigenvalue weighted by Crippen LogP contribution is -2.23. The number of halogens is 1. The van der Waals surface area contributed by atoms with Crippen molar-refractivity contribution in [2.75, 3.05) is 7.11 Å². The molecule has 5 heteroatoms. The average Bonchev–Trinajstić information content (AvgIpc) is 2.33. The maximum atomic E-state index is 12.9. The van der Waals surface area contributed by atoms with Crippen molar-refractivity contribution in [2.24, 2.45) is 5.41 Å². The summed E-state index contributed by atoms with van der Waals surface area (Å²) in [4.78, 5) is 23.7. The predicted octanol–water partition coefficient (Wildman–Crippen LogP) is 3.04. The normalized spacial score (nSPS) is 12.7. The zero-order chi connectivity index (χ0) is 15.5. The van der Waals surface area contributed by atoms with E-state index in [1.807, 2.05) is 0 Å². The third-order valence-electron chi connectivity index (χ3n) is 2.66. The van der Waals surface area contributed by atoms with E-state index in [1.165, 1.54) is 19.2 Å². The van der Waals surface area contributed by atoms with Crippen LogP contribution in [0.25, 0.3) is 0 Å². The van der Waals surface area contributed by atoms with Crippen LogP contribution in [0.1, 0.15) is 31.1 Å². The smallest absolute Gasteiger partial charge is 0.343 e. The molecule has 20 heavy (non-hydrogen) atoms. The van der Waals surface area contributed by atoms with Crippen LogP contribution in [-0.4, -0.2) is 24.0 Å². The van der Waals surface area contributed by atoms with Crippen LogP contribution < -0.4 is 0 Å². The summed E-state index contributed by atoms with van der Waals surface area (Å²) in [5.74, 6) is -2.49. The molecule has 0 unspecified atom stereocenters. The van der Waals surface area contributed by atoms with Gasteiger partial charge in [0.2, 0.25) is 5.78 Å². The molecule has 0 aliphatic carbocycles. The first kappa shape index (κ1) is 15.9. The summed E-state index contributed by atoms with van der Waals surface area (Å²) in [5, 5.41) is 9.29. The van der Waals surface area contributed by atoms with E-state index in [4.69, 9.17) is 4.74 Å². The lowest BCUT2D eigenvalue weighted by molar-refractivity contribution is -0.132. The van der Waals surface area contributed by atoms with Gasteiger partial charge in [-0.2, -0.15) is 0 Å². The molecule has 0 spiro atoms. The molecule has 0 bridgehead atoms. The highest BCUT2D eigenvalue weighted by Gasteiger charge is 2.31. The molecule has 4 nitrogen and oxygen atoms in total. The van der Waals surface area contributed by atoms with E-state index >= 15 is 0 Å². The average molecular weight is 280 g/mol. The van der Waals surface area contributed by atoms with Gasteiger partial charge in [0.05, 0.1) is 7.11 Å². The molecule has 0 atom stereocenters. The van der Waals surface area contributed by atoms with Crippen molar-refractivity contribution in [3.63, 3.8) is 0 Å². The molecule has 0 aromatic heterocycles. The first-order valence-corrected chi connectivity index (χ1v) is 6.00. The summed E-state index contributed by atoms with van der Waals surface area (Å²) in [6.45, 7) is 5.23. The SMILES string of the molecule is COC(=C(C(=O)O)C(=O)c1ccc(F)cc1)C(C)(C)C. The van der Waals surface area contributed by atoms with Gasteiger partial charge in [-0.05, 0) is 24.3 Å². The van der Waals surface area contributed by atoms with Gasteiger partial charge in [0, 0.05) is 11.0 Å². The molecule has 0 amide bonds. The number of ether oxygens (including phenoxy) is 1. The van der Waals surface area contributed by atoms with Gasteiger partial charge in [-0.1, -0.05) is 20.8 Å². The molecule has 108 valence electrons. The van der Waals surface area contributed by atoms with Crippen LogP contribution in [0.3, 0.4) is 0 Å². The quantitative estimate of drug-likeness (QED) is 0.303. The van der Waals surface area contributed by atoms with Gasteiger partial charge < -0.3 is 9.84 Å². The highest BCUT2D eigenvalue weighted by Crippen LogP contribution is 2.30. The summed E-state index contributed by atoms with van der Waals surface area (Å²) in [7, 11) is 1.32. The topological polar surface area (TPSA) is 63.6 Å². The number of carbonyl (C=O) groups excluding carboxylic acids is 1. The first-order chi connectivity index (χ1) is 9.18. The second kappa shape index (κ2) is 5.86. The Bertz CT molecular complexity index is 550. The summed E-state index contributed by atoms with van der Waals surface area (Å²) < 4.78 is 18.0. The zero-order valence-corrected chi connectivity index (χ0v) is 11.9. The Hall–Kier alpha value is -2.17. The minimum absolute atomic E-state index is 0.0827. The van der Waals surface area contributed by atoms with E-state index in [0.717, 1.165) is 12.1 Å². The van der Waals surface area contributed by atoms with Gasteiger partial charge >= 0.3 is 5.97 Å². The van der Waals surface area contributed by atoms with Crippen LogP contribution in [-0.2, 0) is 9.53 Å². The van der Waals surface area contributed by atoms with Crippen molar-refractivity contribution in [1.82, 2.24) is 0 Å². The second-order valence-electron chi connectivity index (χ2n) is 5.30. The number of hydrogen-bond donors (Lipinski definition) is 1. The van der Waals surface area contributed by atoms with Gasteiger partial charge in [0.1, 0.15) is 17.1 Å². The molecule has 0 saturated heterocycles. The first-order valence-electron chi connectivity index (χ1n) is 6.00. The number of methoxy groups -OCH3 is 1. The van der Waals surface area contributed by atoms with Crippen molar-refractivity contribution in [2.45, 2.75) is 20.8 Å². The fourth-order valence-electron chi connectivity index (χ4n) is 1.83. The Morgan fingerprint density at radius 2 is 1.65 bits per heavy atom. The van der Waals surface area contributed by atoms with Crippen molar-refractivity contribution < 1.29 is 23.8 Å². The molecule has 0 radical (unpaired) electrons. The van der Waals surface area contributed by atoms with E-state index in [2.05, 4.69) is 0 Å². The van der Waals surface area contributed by atoms with E-state index in [9.17, 15) is 19.1 Å². The van der Waals surface area contributed by atoms with Gasteiger partial charge in [0.15, 0.2) is 0 Å². The summed E-state index contributed by atoms with van der Waals surface area (Å²) >= 11 is 0. The molecule has 1 rings (SSSR count). The molecular weight excluding hydrogens is 263 g/mol. The highest BCUT2D eigenvalue weighted by atomic mass is 19.1. The minimum Gasteiger partial charge on any atom is -0.499 e. The monoisotopic (exact) mass is 280 g/mol. The number of allylic oxidation sites excluding steroid dienone is 1. The number of aliphatic carboxylic acids is 1. The maximum Gasteiger partial charge on any atom is 0.343 e. The summed E-state index contributed by atoms with van der Waals surface area (Å²) in [5.41, 5.74) is -0.979. The molecule has 1 aromatic carbocycles. The van der Waals surface area contributed by atoms with Gasteiger partial charge in [0.25, 0.3) is 0 Å². The molecule has 0 saturated carbocycles. The standard InChI is InChI=1S/C15H17FO4/c1-15(2,3)13(20-4)11(14(18)19)12(17)9-5-7-10(16)8-6-9/h5-8H,1-4H3,(H,18,19). The molecular formula is C15H17FO4. The number of hydrogen-bond acceptors (Lipinski definition) is 3. The number of carbonyl (C=O) groups is 2. The Morgan fingerprint density at radius 1 is 1.15 bits per heavy atom. The van der Waals surface area contributed by atoms with E-state index in [1.54, 1.807) is 20.8 Å². The zero-order valence-electron chi connectivity index (χ0n) is 11.9. The van der Waals surface area contributed by atoms with Gasteiger partial charge in [-0.15, -0.1) is 0 Å². The van der Waals surface area contributed by atoms with E-state index in [-0.39, 0.29) is 11.3 Å². The fraction of sp³-hybridized carbons (Fsp3) is 0.333. The van der Waals surface area contributed by atoms with Crippen molar-refractivity contribution in [3.8, 4) is 0 Å². The molecule has 0 aliphatic heterocycles. The minimum atomic E-state index is -1.37. The van der Waals surface area contributed by atoms with E-state index in [0.29, 0.717) is 0 Å². The van der Waals surface area contributed by atoms with Crippen LogP contribution in [0.5, 0.6) is 0 Å². The summed E-state index contributed by atoms with van der Waals surface area (Å²) in [6.07, 6.45) is 0. The number of carboxylic acids is 1. The number of rotatable bonds is 4. The third kappa shape index (κ3) is 3.44. The Balaban J connectivity index is 3.41. The maximum absolute atomic E-state index is 12.9. The van der Waals surface area contributed by atoms with E-state index < -0.39 is 28.6 Å². The van der Waals surface area contributed by atoms with Crippen molar-refractivity contribution >= 4 is 11.8 Å². The molecule has 0 heterocycles. The fourth-order valence-corrected chi connectivity index (χ4v) is 1.83. The third-order valence-corrected chi connectivity index (χ3v) is 2.66. The van der Waals surface area contributed by atoms with Crippen LogP contribution in [0.2, 0.25) is 0 Å². The van der Waals surface area contributed by atoms with Crippen molar-refractivity contribution in [1.29, 1.82) is 0 Å². The van der Waals surface area contributed by atoms with Crippen LogP contribution in [0.15, 0.2) is 35.6 Å². The largest absolute Gasteiger partial charge is 0.499 e. The predicted molar refractivity (Wildman–Crippen MR) is 71.9 cm³/mol.